The molecule has 1 heterocycles. The van der Waals surface area contributed by atoms with Crippen LogP contribution in [0.5, 0.6) is 0 Å². The molecule has 1 nitrogen and oxygen atoms in total. The summed E-state index contributed by atoms with van der Waals surface area (Å²) in [5.41, 5.74) is 15.7. The van der Waals surface area contributed by atoms with Crippen molar-refractivity contribution in [2.24, 2.45) is 5.92 Å². The van der Waals surface area contributed by atoms with Gasteiger partial charge in [0.1, 0.15) is 0 Å². The molecule has 0 amide bonds. The van der Waals surface area contributed by atoms with E-state index in [1.165, 1.54) is 79.3 Å². The second-order valence-corrected chi connectivity index (χ2v) is 17.3. The Bertz CT molecular complexity index is 2120. The lowest BCUT2D eigenvalue weighted by Gasteiger charge is -2.46. The minimum Gasteiger partial charge on any atom is -0.309 e. The Hall–Kier alpha value is -4.27. The lowest BCUT2D eigenvalue weighted by molar-refractivity contribution is 0.929. The van der Waals surface area contributed by atoms with Crippen molar-refractivity contribution >= 4 is 44.0 Å². The van der Waals surface area contributed by atoms with Gasteiger partial charge in [-0.3, -0.25) is 0 Å². The van der Waals surface area contributed by atoms with Crippen LogP contribution in [0.15, 0.2) is 126 Å². The first kappa shape index (κ1) is 26.2. The van der Waals surface area contributed by atoms with E-state index in [-0.39, 0.29) is 0 Å². The van der Waals surface area contributed by atoms with E-state index in [0.717, 1.165) is 0 Å². The van der Waals surface area contributed by atoms with Crippen LogP contribution in [0.4, 0.5) is 0 Å². The van der Waals surface area contributed by atoms with Gasteiger partial charge in [-0.05, 0) is 84.2 Å². The Morgan fingerprint density at radius 3 is 1.89 bits per heavy atom. The summed E-state index contributed by atoms with van der Waals surface area (Å²) < 4.78 is 2.53. The Labute approximate surface area is 261 Å². The van der Waals surface area contributed by atoms with Crippen LogP contribution in [-0.2, 0) is 0 Å². The van der Waals surface area contributed by atoms with Gasteiger partial charge in [-0.2, -0.15) is 0 Å². The van der Waals surface area contributed by atoms with Gasteiger partial charge in [0.15, 0.2) is 0 Å². The SMILES string of the molecule is CC1=Cc2c(-c3ccccc3)cccc2C1S(C)(C)C1C(C2CC2)=Cc2c1cccc2-n1c2ccccc2c2ccccc21. The Balaban J connectivity index is 1.22. The summed E-state index contributed by atoms with van der Waals surface area (Å²) in [6.45, 7) is 2.39. The predicted molar refractivity (Wildman–Crippen MR) is 192 cm³/mol. The molecule has 3 aliphatic rings. The molecule has 0 spiro atoms. The number of fused-ring (bicyclic) bond motifs is 5. The molecule has 2 atom stereocenters. The van der Waals surface area contributed by atoms with E-state index in [1.807, 2.05) is 0 Å². The second-order valence-electron chi connectivity index (χ2n) is 13.4. The molecule has 5 aromatic carbocycles. The molecule has 9 rings (SSSR count). The molecule has 1 saturated carbocycles. The quantitative estimate of drug-likeness (QED) is 0.189. The molecule has 1 fully saturated rings. The number of nitrogens with zero attached hydrogens (tertiary/aromatic N) is 1. The maximum atomic E-state index is 2.63. The van der Waals surface area contributed by atoms with Crippen molar-refractivity contribution in [3.63, 3.8) is 0 Å². The topological polar surface area (TPSA) is 4.93 Å². The van der Waals surface area contributed by atoms with E-state index in [2.05, 4.69) is 151 Å². The van der Waals surface area contributed by atoms with Crippen LogP contribution in [0, 0.1) is 5.92 Å². The van der Waals surface area contributed by atoms with Crippen molar-refractivity contribution in [2.45, 2.75) is 30.3 Å². The first-order valence-corrected chi connectivity index (χ1v) is 18.5. The van der Waals surface area contributed by atoms with Crippen molar-refractivity contribution in [3.05, 3.63) is 149 Å². The van der Waals surface area contributed by atoms with Gasteiger partial charge in [0.25, 0.3) is 0 Å². The van der Waals surface area contributed by atoms with E-state index in [1.54, 1.807) is 5.57 Å². The fourth-order valence-electron chi connectivity index (χ4n) is 8.52. The summed E-state index contributed by atoms with van der Waals surface area (Å²) in [5, 5.41) is 3.55. The Morgan fingerprint density at radius 2 is 1.20 bits per heavy atom. The fraction of sp³-hybridized carbons (Fsp3) is 0.190. The molecule has 3 aliphatic carbocycles. The zero-order valence-corrected chi connectivity index (χ0v) is 26.4. The molecule has 0 N–H and O–H groups in total. The van der Waals surface area contributed by atoms with Gasteiger partial charge in [0, 0.05) is 26.8 Å². The third-order valence-electron chi connectivity index (χ3n) is 10.4. The molecule has 2 heteroatoms. The van der Waals surface area contributed by atoms with Crippen LogP contribution >= 0.6 is 10.0 Å². The van der Waals surface area contributed by atoms with Gasteiger partial charge in [0.05, 0.1) is 16.7 Å². The number of rotatable bonds is 5. The normalized spacial score (nSPS) is 19.6. The zero-order valence-electron chi connectivity index (χ0n) is 25.6. The minimum atomic E-state index is -1.18. The third-order valence-corrected chi connectivity index (χ3v) is 14.0. The molecule has 6 aromatic rings. The first-order valence-electron chi connectivity index (χ1n) is 15.9. The van der Waals surface area contributed by atoms with Gasteiger partial charge < -0.3 is 4.57 Å². The molecule has 216 valence electrons. The minimum absolute atomic E-state index is 0.441. The van der Waals surface area contributed by atoms with E-state index in [9.17, 15) is 0 Å². The van der Waals surface area contributed by atoms with Crippen molar-refractivity contribution in [2.75, 3.05) is 12.5 Å². The molecule has 0 radical (unpaired) electrons. The van der Waals surface area contributed by atoms with E-state index < -0.39 is 10.0 Å². The van der Waals surface area contributed by atoms with Gasteiger partial charge in [0.2, 0.25) is 0 Å². The van der Waals surface area contributed by atoms with Crippen LogP contribution in [0.25, 0.3) is 50.8 Å². The lowest BCUT2D eigenvalue weighted by atomic mass is 9.97. The fourth-order valence-corrected chi connectivity index (χ4v) is 12.5. The summed E-state index contributed by atoms with van der Waals surface area (Å²) in [5.74, 6) is 0.714. The van der Waals surface area contributed by atoms with Crippen LogP contribution in [-0.4, -0.2) is 17.1 Å². The van der Waals surface area contributed by atoms with E-state index >= 15 is 0 Å². The maximum absolute atomic E-state index is 2.63. The standard InChI is InChI=1S/C42H37NS/c1-27-25-36-30(28-13-5-4-6-14-28)17-11-18-33(36)41(27)44(2,3)42-34-19-12-22-40(37(34)26-35(42)29-23-24-29)43-38-20-9-7-15-31(38)32-16-8-10-21-39(32)43/h4-22,25-26,29,41-42H,23-24H2,1-3H3. The third kappa shape index (κ3) is 3.74. The largest absolute Gasteiger partial charge is 0.309 e. The van der Waals surface area contributed by atoms with Crippen LogP contribution in [0.3, 0.4) is 0 Å². The summed E-state index contributed by atoms with van der Waals surface area (Å²) in [4.78, 5) is 0. The van der Waals surface area contributed by atoms with Crippen molar-refractivity contribution in [1.82, 2.24) is 4.57 Å². The van der Waals surface area contributed by atoms with Crippen LogP contribution in [0.1, 0.15) is 52.5 Å². The first-order chi connectivity index (χ1) is 21.5. The average molecular weight is 588 g/mol. The molecule has 1 aromatic heterocycles. The van der Waals surface area contributed by atoms with Crippen molar-refractivity contribution in [1.29, 1.82) is 0 Å². The summed E-state index contributed by atoms with van der Waals surface area (Å²) in [6.07, 6.45) is 13.0. The Morgan fingerprint density at radius 1 is 0.591 bits per heavy atom. The number of para-hydroxylation sites is 2. The van der Waals surface area contributed by atoms with Gasteiger partial charge in [-0.25, -0.2) is 10.0 Å². The highest BCUT2D eigenvalue weighted by molar-refractivity contribution is 8.33. The van der Waals surface area contributed by atoms with Crippen molar-refractivity contribution in [3.8, 4) is 16.8 Å². The van der Waals surface area contributed by atoms with Gasteiger partial charge >= 0.3 is 0 Å². The summed E-state index contributed by atoms with van der Waals surface area (Å²) in [7, 11) is -1.18. The van der Waals surface area contributed by atoms with Crippen molar-refractivity contribution < 1.29 is 0 Å². The number of hydrogen-bond acceptors (Lipinski definition) is 0. The zero-order chi connectivity index (χ0) is 29.6. The number of aromatic nitrogens is 1. The van der Waals surface area contributed by atoms with Gasteiger partial charge in [-0.15, -0.1) is 0 Å². The summed E-state index contributed by atoms with van der Waals surface area (Å²) >= 11 is 0. The van der Waals surface area contributed by atoms with E-state index in [4.69, 9.17) is 0 Å². The monoisotopic (exact) mass is 587 g/mol. The Kier molecular flexibility index (Phi) is 5.72. The highest BCUT2D eigenvalue weighted by Crippen LogP contribution is 2.74. The molecule has 0 bridgehead atoms. The maximum Gasteiger partial charge on any atom is 0.0541 e. The van der Waals surface area contributed by atoms with Gasteiger partial charge in [-0.1, -0.05) is 120 Å². The molecular weight excluding hydrogens is 551 g/mol. The average Bonchev–Trinajstić information content (AvgIpc) is 3.60. The molecule has 0 saturated heterocycles. The molecular formula is C42H37NS. The summed E-state index contributed by atoms with van der Waals surface area (Å²) in [6, 6.07) is 42.9. The van der Waals surface area contributed by atoms with Crippen LogP contribution in [0.2, 0.25) is 0 Å². The molecule has 44 heavy (non-hydrogen) atoms. The highest BCUT2D eigenvalue weighted by Gasteiger charge is 2.47. The number of benzene rings is 5. The lowest BCUT2D eigenvalue weighted by Crippen LogP contribution is -2.18. The smallest absolute Gasteiger partial charge is 0.0541 e. The van der Waals surface area contributed by atoms with Crippen LogP contribution < -0.4 is 0 Å². The molecule has 2 unspecified atom stereocenters. The highest BCUT2D eigenvalue weighted by atomic mass is 32.3. The second kappa shape index (κ2) is 9.61. The van der Waals surface area contributed by atoms with E-state index in [0.29, 0.717) is 16.4 Å². The predicted octanol–water partition coefficient (Wildman–Crippen LogP) is 11.5. The number of hydrogen-bond donors (Lipinski definition) is 0. The molecule has 0 aliphatic heterocycles.